The number of benzene rings is 2. The van der Waals surface area contributed by atoms with Gasteiger partial charge in [0.05, 0.1) is 22.3 Å². The molecule has 0 spiro atoms. The molecule has 0 aliphatic carbocycles. The summed E-state index contributed by atoms with van der Waals surface area (Å²) in [6.07, 6.45) is 0. The van der Waals surface area contributed by atoms with Crippen LogP contribution < -0.4 is 16.8 Å². The minimum Gasteiger partial charge on any atom is -0.366 e. The van der Waals surface area contributed by atoms with Gasteiger partial charge in [-0.05, 0) is 17.2 Å². The maximum Gasteiger partial charge on any atom is 0.259 e. The number of primary amides is 2. The van der Waals surface area contributed by atoms with Crippen molar-refractivity contribution in [3.63, 3.8) is 0 Å². The third-order valence-electron chi connectivity index (χ3n) is 3.61. The fourth-order valence-corrected chi connectivity index (χ4v) is 2.67. The van der Waals surface area contributed by atoms with Crippen LogP contribution in [0, 0.1) is 0 Å². The smallest absolute Gasteiger partial charge is 0.259 e. The van der Waals surface area contributed by atoms with Crippen LogP contribution >= 0.6 is 0 Å². The van der Waals surface area contributed by atoms with Gasteiger partial charge in [-0.25, -0.2) is 0 Å². The third-order valence-corrected chi connectivity index (χ3v) is 3.61. The van der Waals surface area contributed by atoms with Crippen molar-refractivity contribution in [1.29, 1.82) is 0 Å². The molecule has 0 aromatic heterocycles. The fraction of sp³-hybridized carbons (Fsp3) is 0. The van der Waals surface area contributed by atoms with Crippen LogP contribution in [0.2, 0.25) is 0 Å². The van der Waals surface area contributed by atoms with Crippen molar-refractivity contribution in [2.45, 2.75) is 0 Å². The Hall–Kier alpha value is -3.48. The normalized spacial score (nSPS) is 12.7. The molecule has 1 heterocycles. The first kappa shape index (κ1) is 14.5. The standard InChI is InChI=1S/C16H11N3O4/c17-13(20)9-6-8(7-4-2-1-3-5-7)11-12(10(9)14(18)21)16(23)19-15(11)22/h1-6H,(H2,17,20)(H2,18,21)(H,19,22,23). The highest BCUT2D eigenvalue weighted by atomic mass is 16.2. The Bertz CT molecular complexity index is 888. The lowest BCUT2D eigenvalue weighted by atomic mass is 9.89. The Balaban J connectivity index is 2.47. The molecule has 0 saturated heterocycles. The SMILES string of the molecule is NC(=O)c1cc(-c2ccccc2)c2c(c1C(N)=O)C(=O)NC2=O. The van der Waals surface area contributed by atoms with Crippen molar-refractivity contribution in [3.05, 3.63) is 58.7 Å². The van der Waals surface area contributed by atoms with Crippen molar-refractivity contribution in [2.75, 3.05) is 0 Å². The molecule has 0 atom stereocenters. The molecular formula is C16H11N3O4. The molecule has 5 N–H and O–H groups in total. The van der Waals surface area contributed by atoms with Crippen LogP contribution in [0.15, 0.2) is 36.4 Å². The number of fused-ring (bicyclic) bond motifs is 1. The highest BCUT2D eigenvalue weighted by molar-refractivity contribution is 6.29. The Labute approximate surface area is 130 Å². The second-order valence-corrected chi connectivity index (χ2v) is 4.97. The van der Waals surface area contributed by atoms with E-state index in [4.69, 9.17) is 11.5 Å². The Kier molecular flexibility index (Phi) is 3.18. The Morgan fingerprint density at radius 2 is 1.48 bits per heavy atom. The van der Waals surface area contributed by atoms with Crippen LogP contribution in [0.25, 0.3) is 11.1 Å². The van der Waals surface area contributed by atoms with Gasteiger partial charge >= 0.3 is 0 Å². The molecule has 1 aliphatic heterocycles. The van der Waals surface area contributed by atoms with Crippen LogP contribution in [0.3, 0.4) is 0 Å². The van der Waals surface area contributed by atoms with Gasteiger partial charge in [0.15, 0.2) is 0 Å². The highest BCUT2D eigenvalue weighted by Gasteiger charge is 2.36. The lowest BCUT2D eigenvalue weighted by Gasteiger charge is -2.12. The number of carbonyl (C=O) groups excluding carboxylic acids is 4. The number of nitrogens with two attached hydrogens (primary N) is 2. The summed E-state index contributed by atoms with van der Waals surface area (Å²) < 4.78 is 0. The lowest BCUT2D eigenvalue weighted by Crippen LogP contribution is -2.25. The molecule has 0 unspecified atom stereocenters. The number of amides is 4. The van der Waals surface area contributed by atoms with E-state index in [9.17, 15) is 19.2 Å². The van der Waals surface area contributed by atoms with Crippen molar-refractivity contribution < 1.29 is 19.2 Å². The summed E-state index contributed by atoms with van der Waals surface area (Å²) in [5.41, 5.74) is 10.8. The summed E-state index contributed by atoms with van der Waals surface area (Å²) in [5, 5.41) is 2.12. The second-order valence-electron chi connectivity index (χ2n) is 4.97. The zero-order valence-corrected chi connectivity index (χ0v) is 11.8. The van der Waals surface area contributed by atoms with Gasteiger partial charge in [-0.1, -0.05) is 30.3 Å². The summed E-state index contributed by atoms with van der Waals surface area (Å²) >= 11 is 0. The zero-order chi connectivity index (χ0) is 16.7. The molecule has 0 fully saturated rings. The van der Waals surface area contributed by atoms with Gasteiger partial charge in [0.2, 0.25) is 11.8 Å². The van der Waals surface area contributed by atoms with Gasteiger partial charge in [-0.15, -0.1) is 0 Å². The molecule has 2 aromatic rings. The average Bonchev–Trinajstić information content (AvgIpc) is 2.81. The van der Waals surface area contributed by atoms with E-state index in [2.05, 4.69) is 5.32 Å². The van der Waals surface area contributed by atoms with Gasteiger partial charge < -0.3 is 11.5 Å². The van der Waals surface area contributed by atoms with E-state index in [0.717, 1.165) is 0 Å². The van der Waals surface area contributed by atoms with Gasteiger partial charge in [0, 0.05) is 0 Å². The predicted molar refractivity (Wildman–Crippen MR) is 80.7 cm³/mol. The molecule has 23 heavy (non-hydrogen) atoms. The van der Waals surface area contributed by atoms with E-state index in [-0.39, 0.29) is 22.3 Å². The fourth-order valence-electron chi connectivity index (χ4n) is 2.67. The molecule has 1 aliphatic rings. The molecular weight excluding hydrogens is 298 g/mol. The number of imide groups is 1. The Morgan fingerprint density at radius 3 is 2.04 bits per heavy atom. The molecule has 2 aromatic carbocycles. The zero-order valence-electron chi connectivity index (χ0n) is 11.8. The number of carbonyl (C=O) groups is 4. The quantitative estimate of drug-likeness (QED) is 0.709. The monoisotopic (exact) mass is 309 g/mol. The Morgan fingerprint density at radius 1 is 0.870 bits per heavy atom. The van der Waals surface area contributed by atoms with E-state index in [1.54, 1.807) is 30.3 Å². The van der Waals surface area contributed by atoms with Crippen LogP contribution in [-0.2, 0) is 0 Å². The minimum absolute atomic E-state index is 0.0139. The van der Waals surface area contributed by atoms with E-state index in [1.807, 2.05) is 0 Å². The summed E-state index contributed by atoms with van der Waals surface area (Å²) in [6, 6.07) is 9.99. The van der Waals surface area contributed by atoms with E-state index >= 15 is 0 Å². The van der Waals surface area contributed by atoms with Crippen molar-refractivity contribution in [3.8, 4) is 11.1 Å². The first-order chi connectivity index (χ1) is 10.9. The van der Waals surface area contributed by atoms with Crippen LogP contribution in [0.5, 0.6) is 0 Å². The molecule has 7 nitrogen and oxygen atoms in total. The number of hydrogen-bond acceptors (Lipinski definition) is 4. The molecule has 4 amide bonds. The average molecular weight is 309 g/mol. The predicted octanol–water partition coefficient (Wildman–Crippen LogP) is 0.435. The maximum absolute atomic E-state index is 12.1. The minimum atomic E-state index is -1.00. The van der Waals surface area contributed by atoms with Gasteiger partial charge in [-0.2, -0.15) is 0 Å². The first-order valence-electron chi connectivity index (χ1n) is 6.63. The first-order valence-corrected chi connectivity index (χ1v) is 6.63. The largest absolute Gasteiger partial charge is 0.366 e. The van der Waals surface area contributed by atoms with Crippen LogP contribution in [0.1, 0.15) is 41.4 Å². The van der Waals surface area contributed by atoms with E-state index < -0.39 is 23.6 Å². The molecule has 0 saturated carbocycles. The van der Waals surface area contributed by atoms with Gasteiger partial charge in [0.25, 0.3) is 11.8 Å². The molecule has 3 rings (SSSR count). The van der Waals surface area contributed by atoms with Crippen molar-refractivity contribution in [2.24, 2.45) is 11.5 Å². The summed E-state index contributed by atoms with van der Waals surface area (Å²) in [7, 11) is 0. The topological polar surface area (TPSA) is 132 Å². The van der Waals surface area contributed by atoms with Crippen molar-refractivity contribution in [1.82, 2.24) is 5.32 Å². The van der Waals surface area contributed by atoms with Gasteiger partial charge in [0.1, 0.15) is 0 Å². The number of nitrogens with one attached hydrogen (secondary N) is 1. The summed E-state index contributed by atoms with van der Waals surface area (Å²) in [5.74, 6) is -3.34. The third kappa shape index (κ3) is 2.15. The molecule has 114 valence electrons. The lowest BCUT2D eigenvalue weighted by molar-refractivity contribution is 0.0874. The summed E-state index contributed by atoms with van der Waals surface area (Å²) in [6.45, 7) is 0. The van der Waals surface area contributed by atoms with Gasteiger partial charge in [-0.3, -0.25) is 24.5 Å². The second kappa shape index (κ2) is 5.06. The van der Waals surface area contributed by atoms with Crippen LogP contribution in [-0.4, -0.2) is 23.6 Å². The number of rotatable bonds is 3. The van der Waals surface area contributed by atoms with Crippen LogP contribution in [0.4, 0.5) is 0 Å². The maximum atomic E-state index is 12.1. The highest BCUT2D eigenvalue weighted by Crippen LogP contribution is 2.33. The molecule has 0 radical (unpaired) electrons. The van der Waals surface area contributed by atoms with E-state index in [0.29, 0.717) is 11.1 Å². The summed E-state index contributed by atoms with van der Waals surface area (Å²) in [4.78, 5) is 47.6. The number of hydrogen-bond donors (Lipinski definition) is 3. The molecule has 0 bridgehead atoms. The molecule has 7 heteroatoms. The van der Waals surface area contributed by atoms with Crippen molar-refractivity contribution >= 4 is 23.6 Å². The van der Waals surface area contributed by atoms with E-state index in [1.165, 1.54) is 6.07 Å².